The molecule has 0 bridgehead atoms. The Kier molecular flexibility index (Phi) is 6.05. The number of nitrogens with zero attached hydrogens (tertiary/aromatic N) is 3. The van der Waals surface area contributed by atoms with E-state index in [4.69, 9.17) is 14.2 Å². The first-order chi connectivity index (χ1) is 17.1. The Morgan fingerprint density at radius 1 is 0.914 bits per heavy atom. The zero-order valence-corrected chi connectivity index (χ0v) is 19.6. The summed E-state index contributed by atoms with van der Waals surface area (Å²) in [6, 6.07) is 19.2. The first-order valence-corrected chi connectivity index (χ1v) is 11.2. The molecule has 1 heterocycles. The number of carbonyl (C=O) groups excluding carboxylic acids is 1. The highest BCUT2D eigenvalue weighted by molar-refractivity contribution is 5.96. The number of aromatic amines is 1. The lowest BCUT2D eigenvalue weighted by Crippen LogP contribution is -2.14. The fourth-order valence-corrected chi connectivity index (χ4v) is 4.29. The van der Waals surface area contributed by atoms with Crippen molar-refractivity contribution < 1.29 is 19.0 Å². The molecule has 9 nitrogen and oxygen atoms in total. The Hall–Kier alpha value is -4.40. The molecule has 1 fully saturated rings. The second-order valence-electron chi connectivity index (χ2n) is 8.29. The molecule has 1 aliphatic rings. The first-order valence-electron chi connectivity index (χ1n) is 11.2. The molecule has 0 saturated heterocycles. The maximum Gasteiger partial charge on any atom is 0.228 e. The SMILES string of the molecule is COc1ccc([C@@H]2C[C@H]2C(=O)Nc2ccc(-c3ccc(OC)c(OC)c3)c(-c3nnn[nH]3)c2)cc1. The smallest absolute Gasteiger partial charge is 0.228 e. The van der Waals surface area contributed by atoms with E-state index in [0.717, 1.165) is 34.4 Å². The van der Waals surface area contributed by atoms with E-state index in [9.17, 15) is 4.79 Å². The Morgan fingerprint density at radius 2 is 1.71 bits per heavy atom. The molecule has 0 radical (unpaired) electrons. The summed E-state index contributed by atoms with van der Waals surface area (Å²) in [5.41, 5.74) is 4.34. The van der Waals surface area contributed by atoms with Crippen LogP contribution in [-0.2, 0) is 4.79 Å². The standard InChI is InChI=1S/C26H25N5O4/c1-33-18-8-4-15(5-9-18)20-14-22(20)26(32)27-17-7-10-19(21(13-17)25-28-30-31-29-25)16-6-11-23(34-2)24(12-16)35-3/h4-13,20,22H,14H2,1-3H3,(H,27,32)(H,28,29,30,31)/t20-,22+/m0/s1. The number of aromatic nitrogens is 4. The number of benzene rings is 3. The van der Waals surface area contributed by atoms with Gasteiger partial charge in [0.1, 0.15) is 5.75 Å². The number of hydrogen-bond donors (Lipinski definition) is 2. The van der Waals surface area contributed by atoms with Crippen molar-refractivity contribution in [1.29, 1.82) is 0 Å². The normalized spacial score (nSPS) is 16.4. The quantitative estimate of drug-likeness (QED) is 0.394. The molecular formula is C26H25N5O4. The minimum absolute atomic E-state index is 0.00803. The van der Waals surface area contributed by atoms with E-state index >= 15 is 0 Å². The molecule has 0 aliphatic heterocycles. The number of ether oxygens (including phenoxy) is 3. The van der Waals surface area contributed by atoms with Gasteiger partial charge in [-0.2, -0.15) is 0 Å². The first kappa shape index (κ1) is 22.4. The van der Waals surface area contributed by atoms with E-state index < -0.39 is 0 Å². The van der Waals surface area contributed by atoms with E-state index in [1.807, 2.05) is 60.7 Å². The average molecular weight is 472 g/mol. The van der Waals surface area contributed by atoms with Gasteiger partial charge in [0, 0.05) is 17.2 Å². The van der Waals surface area contributed by atoms with E-state index in [1.54, 1.807) is 21.3 Å². The van der Waals surface area contributed by atoms with Gasteiger partial charge in [-0.1, -0.05) is 24.3 Å². The number of nitrogens with one attached hydrogen (secondary N) is 2. The Balaban J connectivity index is 1.39. The van der Waals surface area contributed by atoms with Crippen molar-refractivity contribution in [1.82, 2.24) is 20.6 Å². The molecule has 9 heteroatoms. The molecule has 178 valence electrons. The van der Waals surface area contributed by atoms with Crippen molar-refractivity contribution >= 4 is 11.6 Å². The molecule has 1 aliphatic carbocycles. The van der Waals surface area contributed by atoms with Gasteiger partial charge in [0.25, 0.3) is 0 Å². The monoisotopic (exact) mass is 471 g/mol. The van der Waals surface area contributed by atoms with E-state index in [1.165, 1.54) is 0 Å². The van der Waals surface area contributed by atoms with Crippen LogP contribution in [0, 0.1) is 5.92 Å². The van der Waals surface area contributed by atoms with Gasteiger partial charge in [0.2, 0.25) is 5.91 Å². The average Bonchev–Trinajstić information content (AvgIpc) is 3.52. The predicted octanol–water partition coefficient (Wildman–Crippen LogP) is 4.30. The van der Waals surface area contributed by atoms with Gasteiger partial charge in [-0.05, 0) is 75.9 Å². The molecule has 0 spiro atoms. The number of hydrogen-bond acceptors (Lipinski definition) is 7. The van der Waals surface area contributed by atoms with Crippen LogP contribution in [0.1, 0.15) is 17.9 Å². The third kappa shape index (κ3) is 4.52. The maximum atomic E-state index is 13.0. The molecule has 2 N–H and O–H groups in total. The highest BCUT2D eigenvalue weighted by atomic mass is 16.5. The number of methoxy groups -OCH3 is 3. The van der Waals surface area contributed by atoms with Gasteiger partial charge in [0.15, 0.2) is 17.3 Å². The largest absolute Gasteiger partial charge is 0.497 e. The van der Waals surface area contributed by atoms with Crippen LogP contribution in [0.5, 0.6) is 17.2 Å². The van der Waals surface area contributed by atoms with Crippen LogP contribution >= 0.6 is 0 Å². The molecule has 1 saturated carbocycles. The molecule has 3 aromatic carbocycles. The number of tetrazole rings is 1. The summed E-state index contributed by atoms with van der Waals surface area (Å²) in [6.07, 6.45) is 0.820. The lowest BCUT2D eigenvalue weighted by molar-refractivity contribution is -0.117. The molecule has 2 atom stereocenters. The van der Waals surface area contributed by atoms with Gasteiger partial charge in [-0.25, -0.2) is 5.10 Å². The lowest BCUT2D eigenvalue weighted by atomic mass is 9.98. The van der Waals surface area contributed by atoms with Gasteiger partial charge in [-0.3, -0.25) is 4.79 Å². The van der Waals surface area contributed by atoms with Crippen molar-refractivity contribution in [2.75, 3.05) is 26.6 Å². The number of anilines is 1. The van der Waals surface area contributed by atoms with Crippen LogP contribution in [-0.4, -0.2) is 47.9 Å². The molecule has 5 rings (SSSR count). The number of H-pyrrole nitrogens is 1. The fraction of sp³-hybridized carbons (Fsp3) is 0.231. The molecular weight excluding hydrogens is 446 g/mol. The predicted molar refractivity (Wildman–Crippen MR) is 131 cm³/mol. The van der Waals surface area contributed by atoms with Crippen LogP contribution in [0.2, 0.25) is 0 Å². The van der Waals surface area contributed by atoms with Gasteiger partial charge in [0.05, 0.1) is 21.3 Å². The van der Waals surface area contributed by atoms with Crippen LogP contribution < -0.4 is 19.5 Å². The van der Waals surface area contributed by atoms with E-state index in [2.05, 4.69) is 25.9 Å². The highest BCUT2D eigenvalue weighted by Gasteiger charge is 2.44. The number of amides is 1. The van der Waals surface area contributed by atoms with Gasteiger partial charge in [-0.15, -0.1) is 5.10 Å². The van der Waals surface area contributed by atoms with Crippen molar-refractivity contribution in [3.8, 4) is 39.8 Å². The number of rotatable bonds is 8. The summed E-state index contributed by atoms with van der Waals surface area (Å²) < 4.78 is 16.0. The lowest BCUT2D eigenvalue weighted by Gasteiger charge is -2.14. The van der Waals surface area contributed by atoms with Crippen LogP contribution in [0.25, 0.3) is 22.5 Å². The number of carbonyl (C=O) groups is 1. The van der Waals surface area contributed by atoms with Gasteiger partial charge >= 0.3 is 0 Å². The maximum absolute atomic E-state index is 13.0. The third-order valence-corrected chi connectivity index (χ3v) is 6.25. The molecule has 0 unspecified atom stereocenters. The topological polar surface area (TPSA) is 111 Å². The summed E-state index contributed by atoms with van der Waals surface area (Å²) >= 11 is 0. The summed E-state index contributed by atoms with van der Waals surface area (Å²) in [4.78, 5) is 13.0. The van der Waals surface area contributed by atoms with Crippen LogP contribution in [0.3, 0.4) is 0 Å². The highest BCUT2D eigenvalue weighted by Crippen LogP contribution is 2.48. The minimum atomic E-state index is -0.0654. The van der Waals surface area contributed by atoms with Crippen molar-refractivity contribution in [2.24, 2.45) is 5.92 Å². The summed E-state index contributed by atoms with van der Waals surface area (Å²) in [7, 11) is 4.83. The molecule has 35 heavy (non-hydrogen) atoms. The summed E-state index contributed by atoms with van der Waals surface area (Å²) in [6.45, 7) is 0. The molecule has 4 aromatic rings. The molecule has 1 amide bonds. The third-order valence-electron chi connectivity index (χ3n) is 6.25. The zero-order valence-electron chi connectivity index (χ0n) is 19.6. The minimum Gasteiger partial charge on any atom is -0.497 e. The Bertz CT molecular complexity index is 1340. The van der Waals surface area contributed by atoms with Gasteiger partial charge < -0.3 is 19.5 Å². The Morgan fingerprint density at radius 3 is 2.40 bits per heavy atom. The summed E-state index contributed by atoms with van der Waals surface area (Å²) in [5.74, 6) is 2.69. The fourth-order valence-electron chi connectivity index (χ4n) is 4.29. The zero-order chi connectivity index (χ0) is 24.4. The van der Waals surface area contributed by atoms with Crippen LogP contribution in [0.15, 0.2) is 60.7 Å². The van der Waals surface area contributed by atoms with Crippen molar-refractivity contribution in [3.63, 3.8) is 0 Å². The second kappa shape index (κ2) is 9.46. The molecule has 1 aromatic heterocycles. The van der Waals surface area contributed by atoms with Crippen molar-refractivity contribution in [3.05, 3.63) is 66.2 Å². The Labute approximate surface area is 202 Å². The van der Waals surface area contributed by atoms with Crippen molar-refractivity contribution in [2.45, 2.75) is 12.3 Å². The van der Waals surface area contributed by atoms with E-state index in [0.29, 0.717) is 23.0 Å². The van der Waals surface area contributed by atoms with E-state index in [-0.39, 0.29) is 17.7 Å². The second-order valence-corrected chi connectivity index (χ2v) is 8.29. The summed E-state index contributed by atoms with van der Waals surface area (Å²) in [5, 5.41) is 17.4. The van der Waals surface area contributed by atoms with Crippen LogP contribution in [0.4, 0.5) is 5.69 Å².